The predicted molar refractivity (Wildman–Crippen MR) is 113 cm³/mol. The largest absolute Gasteiger partial charge is 0.378 e. The maximum Gasteiger partial charge on any atom is 0.264 e. The third-order valence-corrected chi connectivity index (χ3v) is 6.42. The highest BCUT2D eigenvalue weighted by Crippen LogP contribution is 2.35. The van der Waals surface area contributed by atoms with Gasteiger partial charge >= 0.3 is 0 Å². The molecule has 1 N–H and O–H groups in total. The quantitative estimate of drug-likeness (QED) is 0.381. The Morgan fingerprint density at radius 1 is 1.07 bits per heavy atom. The van der Waals surface area contributed by atoms with Gasteiger partial charge in [0.25, 0.3) is 11.8 Å². The zero-order valence-electron chi connectivity index (χ0n) is 16.6. The van der Waals surface area contributed by atoms with Gasteiger partial charge in [-0.25, -0.2) is 0 Å². The number of rotatable bonds is 6. The lowest BCUT2D eigenvalue weighted by Gasteiger charge is -2.34. The highest BCUT2D eigenvalue weighted by Gasteiger charge is 2.46. The molecule has 0 spiro atoms. The van der Waals surface area contributed by atoms with Gasteiger partial charge in [-0.15, -0.1) is 0 Å². The highest BCUT2D eigenvalue weighted by atomic mass is 79.9. The first-order valence-electron chi connectivity index (χ1n) is 10.3. The molecule has 30 heavy (non-hydrogen) atoms. The van der Waals surface area contributed by atoms with Gasteiger partial charge in [-0.3, -0.25) is 29.4 Å². The number of hydrogen-bond donors (Lipinski definition) is 1. The standard InChI is InChI=1S/C21H24BrN3O5/c22-9-2-12-30-13-7-10-24(11-8-13)15-4-1-3-14-18(15)21(29)25(20(14)28)16-5-6-17(26)23-19(16)27/h1,3-4,13,16H,2,5-12H2,(H,23,26,27). The first-order chi connectivity index (χ1) is 14.5. The van der Waals surface area contributed by atoms with Crippen LogP contribution in [0.4, 0.5) is 5.69 Å². The van der Waals surface area contributed by atoms with Crippen molar-refractivity contribution in [3.63, 3.8) is 0 Å². The van der Waals surface area contributed by atoms with E-state index in [1.807, 2.05) is 6.07 Å². The summed E-state index contributed by atoms with van der Waals surface area (Å²) in [5.41, 5.74) is 1.39. The maximum absolute atomic E-state index is 13.2. The molecule has 1 unspecified atom stereocenters. The van der Waals surface area contributed by atoms with E-state index in [0.29, 0.717) is 11.1 Å². The molecular formula is C21H24BrN3O5. The van der Waals surface area contributed by atoms with E-state index in [-0.39, 0.29) is 24.9 Å². The number of imide groups is 2. The number of carbonyl (C=O) groups excluding carboxylic acids is 4. The van der Waals surface area contributed by atoms with E-state index >= 15 is 0 Å². The lowest BCUT2D eigenvalue weighted by molar-refractivity contribution is -0.136. The summed E-state index contributed by atoms with van der Waals surface area (Å²) in [4.78, 5) is 53.0. The van der Waals surface area contributed by atoms with Crippen molar-refractivity contribution in [1.82, 2.24) is 10.2 Å². The Kier molecular flexibility index (Phi) is 6.19. The minimum absolute atomic E-state index is 0.110. The van der Waals surface area contributed by atoms with Crippen LogP contribution in [0.1, 0.15) is 52.8 Å². The predicted octanol–water partition coefficient (Wildman–Crippen LogP) is 1.86. The zero-order chi connectivity index (χ0) is 21.3. The highest BCUT2D eigenvalue weighted by molar-refractivity contribution is 9.09. The van der Waals surface area contributed by atoms with Crippen LogP contribution in [0.2, 0.25) is 0 Å². The summed E-state index contributed by atoms with van der Waals surface area (Å²) in [5.74, 6) is -1.91. The fourth-order valence-electron chi connectivity index (χ4n) is 4.33. The number of amides is 4. The van der Waals surface area contributed by atoms with Crippen LogP contribution in [-0.2, 0) is 14.3 Å². The van der Waals surface area contributed by atoms with Gasteiger partial charge in [0.15, 0.2) is 0 Å². The molecule has 3 aliphatic heterocycles. The summed E-state index contributed by atoms with van der Waals surface area (Å²) < 4.78 is 5.90. The maximum atomic E-state index is 13.2. The number of carbonyl (C=O) groups is 4. The first-order valence-corrected chi connectivity index (χ1v) is 11.4. The lowest BCUT2D eigenvalue weighted by atomic mass is 10.0. The summed E-state index contributed by atoms with van der Waals surface area (Å²) in [7, 11) is 0. The van der Waals surface area contributed by atoms with Crippen molar-refractivity contribution in [2.45, 2.75) is 44.2 Å². The second-order valence-corrected chi connectivity index (χ2v) is 8.54. The van der Waals surface area contributed by atoms with Gasteiger partial charge in [0.1, 0.15) is 6.04 Å². The number of anilines is 1. The Balaban J connectivity index is 1.51. The van der Waals surface area contributed by atoms with Crippen molar-refractivity contribution in [3.05, 3.63) is 29.3 Å². The van der Waals surface area contributed by atoms with E-state index in [1.54, 1.807) is 12.1 Å². The van der Waals surface area contributed by atoms with Crippen molar-refractivity contribution in [1.29, 1.82) is 0 Å². The van der Waals surface area contributed by atoms with E-state index in [1.165, 1.54) is 0 Å². The molecule has 0 saturated carbocycles. The number of benzene rings is 1. The molecular weight excluding hydrogens is 454 g/mol. The molecule has 2 saturated heterocycles. The second kappa shape index (κ2) is 8.85. The Hall–Kier alpha value is -2.26. The Labute approximate surface area is 183 Å². The van der Waals surface area contributed by atoms with Crippen molar-refractivity contribution < 1.29 is 23.9 Å². The Bertz CT molecular complexity index is 881. The first kappa shape index (κ1) is 21.0. The van der Waals surface area contributed by atoms with Crippen LogP contribution in [0.5, 0.6) is 0 Å². The number of nitrogens with zero attached hydrogens (tertiary/aromatic N) is 2. The Morgan fingerprint density at radius 2 is 1.83 bits per heavy atom. The number of fused-ring (bicyclic) bond motifs is 1. The fraction of sp³-hybridized carbons (Fsp3) is 0.524. The number of halogens is 1. The molecule has 1 atom stereocenters. The molecule has 4 amide bonds. The third kappa shape index (κ3) is 3.88. The number of piperidine rings is 2. The van der Waals surface area contributed by atoms with Crippen LogP contribution in [0.3, 0.4) is 0 Å². The van der Waals surface area contributed by atoms with E-state index < -0.39 is 23.8 Å². The molecule has 1 aromatic rings. The molecule has 0 radical (unpaired) electrons. The van der Waals surface area contributed by atoms with E-state index in [9.17, 15) is 19.2 Å². The van der Waals surface area contributed by atoms with Crippen LogP contribution < -0.4 is 10.2 Å². The molecule has 1 aromatic carbocycles. The molecule has 4 rings (SSSR count). The van der Waals surface area contributed by atoms with Crippen molar-refractivity contribution >= 4 is 45.2 Å². The molecule has 0 bridgehead atoms. The van der Waals surface area contributed by atoms with Gasteiger partial charge < -0.3 is 9.64 Å². The topological polar surface area (TPSA) is 96.0 Å². The minimum Gasteiger partial charge on any atom is -0.378 e. The average molecular weight is 478 g/mol. The van der Waals surface area contributed by atoms with Gasteiger partial charge in [0, 0.05) is 31.4 Å². The lowest BCUT2D eigenvalue weighted by Crippen LogP contribution is -2.54. The summed E-state index contributed by atoms with van der Waals surface area (Å²) in [6.07, 6.45) is 3.14. The SMILES string of the molecule is O=C1CCC(N2C(=O)c3cccc(N4CCC(OCCCBr)CC4)c3C2=O)C(=O)N1. The van der Waals surface area contributed by atoms with Crippen molar-refractivity contribution in [2.75, 3.05) is 29.9 Å². The Morgan fingerprint density at radius 3 is 2.53 bits per heavy atom. The van der Waals surface area contributed by atoms with E-state index in [4.69, 9.17) is 4.74 Å². The zero-order valence-corrected chi connectivity index (χ0v) is 18.2. The van der Waals surface area contributed by atoms with Crippen LogP contribution >= 0.6 is 15.9 Å². The van der Waals surface area contributed by atoms with Crippen LogP contribution in [0.15, 0.2) is 18.2 Å². The summed E-state index contributed by atoms with van der Waals surface area (Å²) in [6, 6.07) is 4.30. The molecule has 8 nitrogen and oxygen atoms in total. The monoisotopic (exact) mass is 477 g/mol. The van der Waals surface area contributed by atoms with Gasteiger partial charge in [-0.2, -0.15) is 0 Å². The molecule has 3 heterocycles. The minimum atomic E-state index is -0.948. The summed E-state index contributed by atoms with van der Waals surface area (Å²) in [5, 5.41) is 3.15. The van der Waals surface area contributed by atoms with Crippen molar-refractivity contribution in [2.24, 2.45) is 0 Å². The smallest absolute Gasteiger partial charge is 0.264 e. The molecule has 160 valence electrons. The van der Waals surface area contributed by atoms with E-state index in [0.717, 1.165) is 54.9 Å². The van der Waals surface area contributed by atoms with Crippen LogP contribution in [-0.4, -0.2) is 65.7 Å². The summed E-state index contributed by atoms with van der Waals surface area (Å²) in [6.45, 7) is 2.19. The van der Waals surface area contributed by atoms with Crippen molar-refractivity contribution in [3.8, 4) is 0 Å². The normalized spacial score (nSPS) is 22.5. The molecule has 2 fully saturated rings. The molecule has 9 heteroatoms. The number of hydrogen-bond acceptors (Lipinski definition) is 6. The molecule has 0 aliphatic carbocycles. The number of alkyl halides is 1. The van der Waals surface area contributed by atoms with Crippen LogP contribution in [0, 0.1) is 0 Å². The number of nitrogens with one attached hydrogen (secondary N) is 1. The van der Waals surface area contributed by atoms with Crippen LogP contribution in [0.25, 0.3) is 0 Å². The van der Waals surface area contributed by atoms with Gasteiger partial charge in [-0.05, 0) is 37.8 Å². The van der Waals surface area contributed by atoms with Gasteiger partial charge in [-0.1, -0.05) is 22.0 Å². The number of ether oxygens (including phenoxy) is 1. The average Bonchev–Trinajstić information content (AvgIpc) is 3.00. The van der Waals surface area contributed by atoms with Gasteiger partial charge in [0.05, 0.1) is 22.9 Å². The second-order valence-electron chi connectivity index (χ2n) is 7.75. The molecule has 0 aromatic heterocycles. The third-order valence-electron chi connectivity index (χ3n) is 5.86. The molecule has 3 aliphatic rings. The van der Waals surface area contributed by atoms with Gasteiger partial charge in [0.2, 0.25) is 11.8 Å². The van der Waals surface area contributed by atoms with E-state index in [2.05, 4.69) is 26.1 Å². The summed E-state index contributed by atoms with van der Waals surface area (Å²) >= 11 is 3.40. The fourth-order valence-corrected chi connectivity index (χ4v) is 4.56.